The summed E-state index contributed by atoms with van der Waals surface area (Å²) in [5.41, 5.74) is -0.623. The molecule has 0 unspecified atom stereocenters. The minimum absolute atomic E-state index is 0.123. The quantitative estimate of drug-likeness (QED) is 0.878. The van der Waals surface area contributed by atoms with Crippen molar-refractivity contribution in [3.8, 4) is 6.07 Å². The van der Waals surface area contributed by atoms with Crippen LogP contribution in [0.25, 0.3) is 0 Å². The van der Waals surface area contributed by atoms with Gasteiger partial charge in [-0.1, -0.05) is 0 Å². The lowest BCUT2D eigenvalue weighted by atomic mass is 10.1. The largest absolute Gasteiger partial charge is 0.453 e. The van der Waals surface area contributed by atoms with Crippen molar-refractivity contribution in [2.45, 2.75) is 6.92 Å². The molecule has 0 spiro atoms. The van der Waals surface area contributed by atoms with E-state index in [-0.39, 0.29) is 22.7 Å². The first-order valence-electron chi connectivity index (χ1n) is 5.42. The third-order valence-electron chi connectivity index (χ3n) is 2.30. The van der Waals surface area contributed by atoms with Gasteiger partial charge in [0.05, 0.1) is 29.8 Å². The Hall–Kier alpha value is -2.34. The van der Waals surface area contributed by atoms with Crippen molar-refractivity contribution in [1.29, 1.82) is 5.26 Å². The van der Waals surface area contributed by atoms with Crippen LogP contribution in [0.3, 0.4) is 0 Å². The normalized spacial score (nSPS) is 10.5. The van der Waals surface area contributed by atoms with Crippen molar-refractivity contribution in [3.63, 3.8) is 0 Å². The molecule has 0 aliphatic heterocycles. The minimum Gasteiger partial charge on any atom is -0.453 e. The number of benzene rings is 1. The average Bonchev–Trinajstić information content (AvgIpc) is 2.41. The highest BCUT2D eigenvalue weighted by molar-refractivity contribution is 7.92. The highest BCUT2D eigenvalue weighted by Crippen LogP contribution is 2.25. The summed E-state index contributed by atoms with van der Waals surface area (Å²) in [6.45, 7) is 1.41. The maximum absolute atomic E-state index is 13.6. The van der Waals surface area contributed by atoms with Gasteiger partial charge in [-0.25, -0.2) is 17.6 Å². The van der Waals surface area contributed by atoms with Gasteiger partial charge in [-0.2, -0.15) is 5.26 Å². The Morgan fingerprint density at radius 1 is 1.45 bits per heavy atom. The Labute approximate surface area is 115 Å². The zero-order valence-corrected chi connectivity index (χ0v) is 11.5. The molecule has 0 atom stereocenters. The Morgan fingerprint density at radius 3 is 2.60 bits per heavy atom. The number of ether oxygens (including phenoxy) is 1. The third kappa shape index (κ3) is 3.83. The van der Waals surface area contributed by atoms with Crippen molar-refractivity contribution in [2.75, 3.05) is 22.9 Å². The van der Waals surface area contributed by atoms with E-state index in [1.807, 2.05) is 0 Å². The first kappa shape index (κ1) is 15.7. The number of sulfonamides is 1. The van der Waals surface area contributed by atoms with E-state index in [1.54, 1.807) is 6.07 Å². The average molecular weight is 301 g/mol. The topological polar surface area (TPSA) is 108 Å². The highest BCUT2D eigenvalue weighted by atomic mass is 32.2. The molecular formula is C11H12FN3O4S. The van der Waals surface area contributed by atoms with Crippen LogP contribution in [-0.2, 0) is 14.8 Å². The Bertz CT molecular complexity index is 667. The monoisotopic (exact) mass is 301 g/mol. The number of carbonyl (C=O) groups is 1. The van der Waals surface area contributed by atoms with Crippen molar-refractivity contribution in [3.05, 3.63) is 23.5 Å². The number of nitrogens with zero attached hydrogens (tertiary/aromatic N) is 1. The van der Waals surface area contributed by atoms with Crippen LogP contribution in [-0.4, -0.2) is 27.4 Å². The number of rotatable bonds is 4. The molecule has 2 N–H and O–H groups in total. The van der Waals surface area contributed by atoms with Crippen LogP contribution < -0.4 is 10.0 Å². The number of nitriles is 1. The molecule has 0 radical (unpaired) electrons. The standard InChI is InChI=1S/C11H12FN3O4S/c1-3-20(17,18)15-9-5-10(14-11(16)19-2)8(12)4-7(9)6-13/h4-5,15H,3H2,1-2H3,(H,14,16). The summed E-state index contributed by atoms with van der Waals surface area (Å²) in [6.07, 6.45) is -0.919. The predicted octanol–water partition coefficient (Wildman–Crippen LogP) is 1.64. The molecule has 1 amide bonds. The SMILES string of the molecule is CCS(=O)(=O)Nc1cc(NC(=O)OC)c(F)cc1C#N. The fraction of sp³-hybridized carbons (Fsp3) is 0.273. The van der Waals surface area contributed by atoms with E-state index >= 15 is 0 Å². The molecule has 0 fully saturated rings. The van der Waals surface area contributed by atoms with Gasteiger partial charge in [-0.3, -0.25) is 10.0 Å². The molecular weight excluding hydrogens is 289 g/mol. The zero-order valence-electron chi connectivity index (χ0n) is 10.7. The molecule has 7 nitrogen and oxygen atoms in total. The fourth-order valence-corrected chi connectivity index (χ4v) is 1.89. The summed E-state index contributed by atoms with van der Waals surface area (Å²) in [7, 11) is -2.54. The summed E-state index contributed by atoms with van der Waals surface area (Å²) >= 11 is 0. The first-order chi connectivity index (χ1) is 9.32. The van der Waals surface area contributed by atoms with Gasteiger partial charge in [-0.15, -0.1) is 0 Å². The molecule has 108 valence electrons. The molecule has 20 heavy (non-hydrogen) atoms. The summed E-state index contributed by atoms with van der Waals surface area (Å²) in [6, 6.07) is 3.50. The van der Waals surface area contributed by atoms with Crippen LogP contribution in [0.5, 0.6) is 0 Å². The molecule has 0 aliphatic carbocycles. The Balaban J connectivity index is 3.25. The summed E-state index contributed by atoms with van der Waals surface area (Å²) in [4.78, 5) is 11.0. The lowest BCUT2D eigenvalue weighted by Crippen LogP contribution is -2.17. The lowest BCUT2D eigenvalue weighted by Gasteiger charge is -2.11. The van der Waals surface area contributed by atoms with E-state index in [9.17, 15) is 17.6 Å². The number of hydrogen-bond donors (Lipinski definition) is 2. The first-order valence-corrected chi connectivity index (χ1v) is 7.07. The van der Waals surface area contributed by atoms with Gasteiger partial charge >= 0.3 is 6.09 Å². The summed E-state index contributed by atoms with van der Waals surface area (Å²) in [5.74, 6) is -1.10. The maximum Gasteiger partial charge on any atom is 0.411 e. The molecule has 1 rings (SSSR count). The van der Waals surface area contributed by atoms with E-state index in [0.29, 0.717) is 0 Å². The van der Waals surface area contributed by atoms with Crippen LogP contribution >= 0.6 is 0 Å². The van der Waals surface area contributed by atoms with E-state index in [0.717, 1.165) is 19.2 Å². The van der Waals surface area contributed by atoms with Crippen molar-refractivity contribution in [1.82, 2.24) is 0 Å². The van der Waals surface area contributed by atoms with Gasteiger partial charge in [0.1, 0.15) is 11.9 Å². The van der Waals surface area contributed by atoms with E-state index in [2.05, 4.69) is 14.8 Å². The van der Waals surface area contributed by atoms with Gasteiger partial charge in [0.2, 0.25) is 10.0 Å². The van der Waals surface area contributed by atoms with Crippen LogP contribution in [0, 0.1) is 17.1 Å². The van der Waals surface area contributed by atoms with E-state index in [4.69, 9.17) is 5.26 Å². The molecule has 0 saturated heterocycles. The van der Waals surface area contributed by atoms with Crippen LogP contribution in [0.4, 0.5) is 20.6 Å². The Morgan fingerprint density at radius 2 is 2.10 bits per heavy atom. The number of carbonyl (C=O) groups excluding carboxylic acids is 1. The maximum atomic E-state index is 13.6. The van der Waals surface area contributed by atoms with Crippen molar-refractivity contribution in [2.24, 2.45) is 0 Å². The predicted molar refractivity (Wildman–Crippen MR) is 70.2 cm³/mol. The second-order valence-electron chi connectivity index (χ2n) is 3.61. The smallest absolute Gasteiger partial charge is 0.411 e. The molecule has 0 saturated carbocycles. The highest BCUT2D eigenvalue weighted by Gasteiger charge is 2.16. The fourth-order valence-electron chi connectivity index (χ4n) is 1.25. The number of anilines is 2. The van der Waals surface area contributed by atoms with Gasteiger partial charge in [0.25, 0.3) is 0 Å². The van der Waals surface area contributed by atoms with Crippen LogP contribution in [0.15, 0.2) is 12.1 Å². The van der Waals surface area contributed by atoms with Gasteiger partial charge < -0.3 is 4.74 Å². The van der Waals surface area contributed by atoms with Gasteiger partial charge in [0.15, 0.2) is 0 Å². The van der Waals surface area contributed by atoms with Crippen LogP contribution in [0.2, 0.25) is 0 Å². The van der Waals surface area contributed by atoms with Crippen molar-refractivity contribution >= 4 is 27.5 Å². The summed E-state index contributed by atoms with van der Waals surface area (Å²) < 4.78 is 43.0. The molecule has 1 aromatic rings. The van der Waals surface area contributed by atoms with Gasteiger partial charge in [0, 0.05) is 0 Å². The second-order valence-corrected chi connectivity index (χ2v) is 5.62. The Kier molecular flexibility index (Phi) is 4.88. The third-order valence-corrected chi connectivity index (χ3v) is 3.59. The molecule has 9 heteroatoms. The number of nitrogens with one attached hydrogen (secondary N) is 2. The number of amides is 1. The zero-order chi connectivity index (χ0) is 15.3. The molecule has 0 heterocycles. The number of methoxy groups -OCH3 is 1. The number of halogens is 1. The summed E-state index contributed by atoms with van der Waals surface area (Å²) in [5, 5.41) is 10.9. The lowest BCUT2D eigenvalue weighted by molar-refractivity contribution is 0.187. The number of hydrogen-bond acceptors (Lipinski definition) is 5. The van der Waals surface area contributed by atoms with Crippen molar-refractivity contribution < 1.29 is 22.3 Å². The second kappa shape index (κ2) is 6.21. The van der Waals surface area contributed by atoms with Crippen LogP contribution in [0.1, 0.15) is 12.5 Å². The minimum atomic E-state index is -3.64. The van der Waals surface area contributed by atoms with Gasteiger partial charge in [-0.05, 0) is 19.1 Å². The van der Waals surface area contributed by atoms with E-state index < -0.39 is 21.9 Å². The molecule has 0 bridgehead atoms. The molecule has 0 aliphatic rings. The molecule has 1 aromatic carbocycles. The molecule has 0 aromatic heterocycles. The van der Waals surface area contributed by atoms with E-state index in [1.165, 1.54) is 6.92 Å².